The van der Waals surface area contributed by atoms with E-state index in [1.165, 1.54) is 37.4 Å². The molecule has 0 amide bonds. The summed E-state index contributed by atoms with van der Waals surface area (Å²) in [5.74, 6) is 1.61. The first kappa shape index (κ1) is 17.8. The van der Waals surface area contributed by atoms with E-state index in [9.17, 15) is 10.2 Å². The molecule has 4 heteroatoms. The monoisotopic (exact) mass is 365 g/mol. The Kier molecular flexibility index (Phi) is 4.97. The quantitative estimate of drug-likeness (QED) is 0.741. The van der Waals surface area contributed by atoms with Gasteiger partial charge in [0.05, 0.1) is 0 Å². The van der Waals surface area contributed by atoms with Gasteiger partial charge in [-0.25, -0.2) is 0 Å². The van der Waals surface area contributed by atoms with Crippen LogP contribution < -0.4 is 9.64 Å². The van der Waals surface area contributed by atoms with Crippen LogP contribution in [0, 0.1) is 5.92 Å². The number of piperidine rings is 1. The minimum Gasteiger partial charge on any atom is -0.504 e. The lowest BCUT2D eigenvalue weighted by molar-refractivity contribution is 0.374. The summed E-state index contributed by atoms with van der Waals surface area (Å²) in [4.78, 5) is 2.46. The molecule has 0 aliphatic carbocycles. The Labute approximate surface area is 160 Å². The van der Waals surface area contributed by atoms with Crippen molar-refractivity contribution in [1.82, 2.24) is 0 Å². The van der Waals surface area contributed by atoms with Crippen molar-refractivity contribution in [2.75, 3.05) is 18.0 Å². The number of nitrogens with zero attached hydrogens (tertiary/aromatic N) is 1. The predicted molar refractivity (Wildman–Crippen MR) is 108 cm³/mol. The van der Waals surface area contributed by atoms with Gasteiger partial charge in [-0.15, -0.1) is 0 Å². The summed E-state index contributed by atoms with van der Waals surface area (Å²) in [5, 5.41) is 19.8. The molecule has 0 unspecified atom stereocenters. The number of phenols is 2. The molecule has 2 aromatic carbocycles. The number of ether oxygens (including phenoxy) is 1. The van der Waals surface area contributed by atoms with Crippen molar-refractivity contribution in [2.24, 2.45) is 5.92 Å². The van der Waals surface area contributed by atoms with Crippen LogP contribution in [0.5, 0.6) is 17.2 Å². The van der Waals surface area contributed by atoms with Crippen LogP contribution >= 0.6 is 0 Å². The molecule has 4 nitrogen and oxygen atoms in total. The van der Waals surface area contributed by atoms with E-state index in [0.717, 1.165) is 35.9 Å². The van der Waals surface area contributed by atoms with Crippen LogP contribution in [0.1, 0.15) is 43.7 Å². The Morgan fingerprint density at radius 3 is 2.48 bits per heavy atom. The molecule has 2 aliphatic heterocycles. The highest BCUT2D eigenvalue weighted by Gasteiger charge is 2.21. The van der Waals surface area contributed by atoms with Crippen LogP contribution in [0.4, 0.5) is 5.69 Å². The van der Waals surface area contributed by atoms with Gasteiger partial charge in [-0.05, 0) is 61.6 Å². The summed E-state index contributed by atoms with van der Waals surface area (Å²) in [6.07, 6.45) is 7.88. The molecular formula is C23H27NO3. The van der Waals surface area contributed by atoms with Crippen LogP contribution in [0.15, 0.2) is 42.5 Å². The third-order valence-electron chi connectivity index (χ3n) is 5.74. The highest BCUT2D eigenvalue weighted by molar-refractivity contribution is 5.70. The van der Waals surface area contributed by atoms with Crippen LogP contribution in [0.2, 0.25) is 0 Å². The summed E-state index contributed by atoms with van der Waals surface area (Å²) in [7, 11) is 0. The lowest BCUT2D eigenvalue weighted by Crippen LogP contribution is -2.33. The van der Waals surface area contributed by atoms with Crippen molar-refractivity contribution in [2.45, 2.75) is 39.0 Å². The Hall–Kier alpha value is -2.62. The molecule has 0 radical (unpaired) electrons. The average Bonchev–Trinajstić information content (AvgIpc) is 2.72. The molecule has 2 heterocycles. The number of hydrogen-bond donors (Lipinski definition) is 2. The van der Waals surface area contributed by atoms with E-state index in [0.29, 0.717) is 12.2 Å². The molecule has 142 valence electrons. The van der Waals surface area contributed by atoms with Gasteiger partial charge in [-0.2, -0.15) is 0 Å². The number of allylic oxidation sites excluding steroid dienone is 1. The number of fused-ring (bicyclic) bond motifs is 1. The Balaban J connectivity index is 1.46. The molecule has 2 N–H and O–H groups in total. The van der Waals surface area contributed by atoms with E-state index in [2.05, 4.69) is 36.1 Å². The molecule has 2 aliphatic rings. The first-order valence-electron chi connectivity index (χ1n) is 9.93. The minimum absolute atomic E-state index is 0.156. The highest BCUT2D eigenvalue weighted by atomic mass is 16.5. The summed E-state index contributed by atoms with van der Waals surface area (Å²) >= 11 is 0. The second-order valence-electron chi connectivity index (χ2n) is 7.56. The largest absolute Gasteiger partial charge is 0.504 e. The zero-order valence-corrected chi connectivity index (χ0v) is 15.8. The Morgan fingerprint density at radius 2 is 1.78 bits per heavy atom. The number of phenolic OH excluding ortho intramolecular Hbond substituents is 2. The Bertz CT molecular complexity index is 833. The molecule has 27 heavy (non-hydrogen) atoms. The molecule has 0 atom stereocenters. The van der Waals surface area contributed by atoms with Crippen LogP contribution in [-0.2, 0) is 6.42 Å². The highest BCUT2D eigenvalue weighted by Crippen LogP contribution is 2.43. The van der Waals surface area contributed by atoms with Gasteiger partial charge in [0, 0.05) is 29.9 Å². The minimum atomic E-state index is -0.190. The van der Waals surface area contributed by atoms with Crippen molar-refractivity contribution in [3.05, 3.63) is 53.6 Å². The van der Waals surface area contributed by atoms with E-state index >= 15 is 0 Å². The smallest absolute Gasteiger partial charge is 0.201 e. The van der Waals surface area contributed by atoms with Crippen LogP contribution in [0.3, 0.4) is 0 Å². The summed E-state index contributed by atoms with van der Waals surface area (Å²) in [6, 6.07) is 11.7. The topological polar surface area (TPSA) is 52.9 Å². The average molecular weight is 365 g/mol. The molecule has 2 aromatic rings. The third-order valence-corrected chi connectivity index (χ3v) is 5.74. The van der Waals surface area contributed by atoms with E-state index in [4.69, 9.17) is 4.74 Å². The number of benzene rings is 2. The molecule has 0 saturated carbocycles. The number of hydrogen-bond acceptors (Lipinski definition) is 4. The van der Waals surface area contributed by atoms with E-state index in [1.807, 2.05) is 6.08 Å². The zero-order chi connectivity index (χ0) is 18.8. The molecule has 4 rings (SSSR count). The summed E-state index contributed by atoms with van der Waals surface area (Å²) in [6.45, 7) is 4.53. The maximum atomic E-state index is 10.1. The fourth-order valence-corrected chi connectivity index (χ4v) is 4.13. The molecule has 0 spiro atoms. The second-order valence-corrected chi connectivity index (χ2v) is 7.56. The van der Waals surface area contributed by atoms with Gasteiger partial charge in [-0.3, -0.25) is 0 Å². The molecule has 0 bridgehead atoms. The lowest BCUT2D eigenvalue weighted by atomic mass is 9.92. The van der Waals surface area contributed by atoms with Gasteiger partial charge in [-0.1, -0.05) is 25.8 Å². The first-order chi connectivity index (χ1) is 13.2. The van der Waals surface area contributed by atoms with Gasteiger partial charge in [0.25, 0.3) is 0 Å². The van der Waals surface area contributed by atoms with Gasteiger partial charge in [0.2, 0.25) is 5.75 Å². The van der Waals surface area contributed by atoms with Crippen molar-refractivity contribution in [3.63, 3.8) is 0 Å². The fourth-order valence-electron chi connectivity index (χ4n) is 4.13. The van der Waals surface area contributed by atoms with Gasteiger partial charge >= 0.3 is 0 Å². The SMILES string of the molecule is CCCC1CCN(c2ccc(C3=CCc4ccc(O)c(O)c4O3)cc2)CC1. The fraction of sp³-hybridized carbons (Fsp3) is 0.391. The number of aromatic hydroxyl groups is 2. The van der Waals surface area contributed by atoms with E-state index < -0.39 is 0 Å². The summed E-state index contributed by atoms with van der Waals surface area (Å²) < 4.78 is 5.89. The second kappa shape index (κ2) is 7.55. The maximum absolute atomic E-state index is 10.1. The van der Waals surface area contributed by atoms with E-state index in [-0.39, 0.29) is 11.5 Å². The standard InChI is InChI=1S/C23H27NO3/c1-2-3-16-12-14-24(15-13-16)19-8-4-17(5-9-19)21-11-7-18-6-10-20(25)22(26)23(18)27-21/h4-6,8-11,16,25-26H,2-3,7,12-15H2,1H3. The van der Waals surface area contributed by atoms with Gasteiger partial charge < -0.3 is 19.8 Å². The van der Waals surface area contributed by atoms with Crippen LogP contribution in [0.25, 0.3) is 5.76 Å². The molecular weight excluding hydrogens is 338 g/mol. The maximum Gasteiger partial charge on any atom is 0.201 e. The third kappa shape index (κ3) is 3.61. The number of rotatable bonds is 4. The first-order valence-corrected chi connectivity index (χ1v) is 9.93. The molecule has 1 fully saturated rings. The number of anilines is 1. The zero-order valence-electron chi connectivity index (χ0n) is 15.8. The van der Waals surface area contributed by atoms with Gasteiger partial charge in [0.1, 0.15) is 5.76 Å². The summed E-state index contributed by atoms with van der Waals surface area (Å²) in [5.41, 5.74) is 3.11. The van der Waals surface area contributed by atoms with E-state index in [1.54, 1.807) is 6.07 Å². The molecule has 1 saturated heterocycles. The normalized spacial score (nSPS) is 17.2. The van der Waals surface area contributed by atoms with Crippen molar-refractivity contribution >= 4 is 11.4 Å². The van der Waals surface area contributed by atoms with Crippen molar-refractivity contribution in [1.29, 1.82) is 0 Å². The van der Waals surface area contributed by atoms with Crippen molar-refractivity contribution in [3.8, 4) is 17.2 Å². The van der Waals surface area contributed by atoms with Crippen molar-refractivity contribution < 1.29 is 14.9 Å². The molecule has 0 aromatic heterocycles. The van der Waals surface area contributed by atoms with Gasteiger partial charge in [0.15, 0.2) is 11.5 Å². The lowest BCUT2D eigenvalue weighted by Gasteiger charge is -2.33. The predicted octanol–water partition coefficient (Wildman–Crippen LogP) is 5.09. The van der Waals surface area contributed by atoms with Crippen LogP contribution in [-0.4, -0.2) is 23.3 Å². The Morgan fingerprint density at radius 1 is 1.04 bits per heavy atom.